The number of hydrogen-bond donors (Lipinski definition) is 1. The van der Waals surface area contributed by atoms with Gasteiger partial charge >= 0.3 is 5.97 Å². The molecule has 1 aromatic rings. The molecule has 6 heteroatoms. The Kier molecular flexibility index (Phi) is 4.56. The summed E-state index contributed by atoms with van der Waals surface area (Å²) in [7, 11) is 0. The predicted molar refractivity (Wildman–Crippen MR) is 55.3 cm³/mol. The highest BCUT2D eigenvalue weighted by molar-refractivity contribution is 5.95. The van der Waals surface area contributed by atoms with Gasteiger partial charge in [0, 0.05) is 11.6 Å². The van der Waals surface area contributed by atoms with Crippen LogP contribution in [0.15, 0.2) is 18.2 Å². The molecule has 17 heavy (non-hydrogen) atoms. The van der Waals surface area contributed by atoms with E-state index in [1.165, 1.54) is 0 Å². The van der Waals surface area contributed by atoms with Crippen LogP contribution in [0.3, 0.4) is 0 Å². The molecule has 0 saturated carbocycles. The molecular formula is C11H11F2NO3. The van der Waals surface area contributed by atoms with Crippen LogP contribution in [-0.2, 0) is 9.53 Å². The SMILES string of the molecule is CCOC(=O)CNC(=O)c1cc(F)cc(F)c1. The van der Waals surface area contributed by atoms with Crippen LogP contribution in [0.25, 0.3) is 0 Å². The topological polar surface area (TPSA) is 55.4 Å². The number of rotatable bonds is 4. The lowest BCUT2D eigenvalue weighted by atomic mass is 10.2. The number of esters is 1. The zero-order valence-corrected chi connectivity index (χ0v) is 9.13. The molecule has 0 spiro atoms. The second kappa shape index (κ2) is 5.93. The second-order valence-electron chi connectivity index (χ2n) is 3.15. The summed E-state index contributed by atoms with van der Waals surface area (Å²) in [5.74, 6) is -3.06. The molecule has 0 fully saturated rings. The fourth-order valence-electron chi connectivity index (χ4n) is 1.15. The molecule has 1 amide bonds. The Morgan fingerprint density at radius 3 is 2.35 bits per heavy atom. The Hall–Kier alpha value is -1.98. The summed E-state index contributed by atoms with van der Waals surface area (Å²) in [4.78, 5) is 22.3. The molecule has 0 radical (unpaired) electrons. The van der Waals surface area contributed by atoms with Gasteiger partial charge in [0.2, 0.25) is 0 Å². The maximum absolute atomic E-state index is 12.8. The third-order valence-corrected chi connectivity index (χ3v) is 1.82. The number of halogens is 2. The largest absolute Gasteiger partial charge is 0.465 e. The first kappa shape index (κ1) is 13.1. The summed E-state index contributed by atoms with van der Waals surface area (Å²) in [5, 5.41) is 2.19. The van der Waals surface area contributed by atoms with Crippen molar-refractivity contribution in [1.82, 2.24) is 5.32 Å². The van der Waals surface area contributed by atoms with Gasteiger partial charge in [-0.15, -0.1) is 0 Å². The summed E-state index contributed by atoms with van der Waals surface area (Å²) in [6, 6.07) is 2.41. The molecule has 0 bridgehead atoms. The fourth-order valence-corrected chi connectivity index (χ4v) is 1.15. The smallest absolute Gasteiger partial charge is 0.325 e. The van der Waals surface area contributed by atoms with E-state index in [4.69, 9.17) is 0 Å². The van der Waals surface area contributed by atoms with Crippen LogP contribution in [-0.4, -0.2) is 25.0 Å². The van der Waals surface area contributed by atoms with Crippen LogP contribution in [0.1, 0.15) is 17.3 Å². The van der Waals surface area contributed by atoms with E-state index in [9.17, 15) is 18.4 Å². The lowest BCUT2D eigenvalue weighted by molar-refractivity contribution is -0.141. The van der Waals surface area contributed by atoms with Crippen LogP contribution in [0.4, 0.5) is 8.78 Å². The van der Waals surface area contributed by atoms with E-state index < -0.39 is 23.5 Å². The van der Waals surface area contributed by atoms with Crippen molar-refractivity contribution in [2.75, 3.05) is 13.2 Å². The van der Waals surface area contributed by atoms with E-state index in [1.54, 1.807) is 6.92 Å². The van der Waals surface area contributed by atoms with Crippen molar-refractivity contribution in [3.05, 3.63) is 35.4 Å². The van der Waals surface area contributed by atoms with Crippen LogP contribution in [0.2, 0.25) is 0 Å². The van der Waals surface area contributed by atoms with Gasteiger partial charge in [-0.2, -0.15) is 0 Å². The van der Waals surface area contributed by atoms with Crippen molar-refractivity contribution in [3.8, 4) is 0 Å². The molecule has 0 atom stereocenters. The van der Waals surface area contributed by atoms with Crippen molar-refractivity contribution in [1.29, 1.82) is 0 Å². The van der Waals surface area contributed by atoms with Crippen molar-refractivity contribution in [3.63, 3.8) is 0 Å². The van der Waals surface area contributed by atoms with Crippen LogP contribution in [0, 0.1) is 11.6 Å². The van der Waals surface area contributed by atoms with E-state index >= 15 is 0 Å². The van der Waals surface area contributed by atoms with Gasteiger partial charge in [-0.05, 0) is 19.1 Å². The van der Waals surface area contributed by atoms with Gasteiger partial charge in [0.1, 0.15) is 18.2 Å². The van der Waals surface area contributed by atoms with Crippen molar-refractivity contribution in [2.24, 2.45) is 0 Å². The van der Waals surface area contributed by atoms with Crippen molar-refractivity contribution < 1.29 is 23.1 Å². The van der Waals surface area contributed by atoms with E-state index in [1.807, 2.05) is 0 Å². The van der Waals surface area contributed by atoms with Crippen LogP contribution >= 0.6 is 0 Å². The summed E-state index contributed by atoms with van der Waals surface area (Å²) < 4.78 is 30.2. The molecule has 0 aliphatic heterocycles. The number of carbonyl (C=O) groups is 2. The predicted octanol–water partition coefficient (Wildman–Crippen LogP) is 1.26. The van der Waals surface area contributed by atoms with E-state index in [0.29, 0.717) is 6.07 Å². The Bertz CT molecular complexity index is 414. The first-order valence-corrected chi connectivity index (χ1v) is 4.93. The molecule has 1 N–H and O–H groups in total. The lowest BCUT2D eigenvalue weighted by Crippen LogP contribution is -2.30. The number of carbonyl (C=O) groups excluding carboxylic acids is 2. The minimum Gasteiger partial charge on any atom is -0.465 e. The molecule has 4 nitrogen and oxygen atoms in total. The van der Waals surface area contributed by atoms with E-state index in [-0.39, 0.29) is 18.7 Å². The molecule has 92 valence electrons. The normalized spacial score (nSPS) is 9.82. The van der Waals surface area contributed by atoms with Gasteiger partial charge in [-0.3, -0.25) is 9.59 Å². The van der Waals surface area contributed by atoms with Crippen LogP contribution in [0.5, 0.6) is 0 Å². The Labute approximate surface area is 96.6 Å². The van der Waals surface area contributed by atoms with Gasteiger partial charge < -0.3 is 10.1 Å². The minimum absolute atomic E-state index is 0.188. The van der Waals surface area contributed by atoms with Crippen molar-refractivity contribution in [2.45, 2.75) is 6.92 Å². The van der Waals surface area contributed by atoms with E-state index in [0.717, 1.165) is 12.1 Å². The lowest BCUT2D eigenvalue weighted by Gasteiger charge is -2.05. The number of amides is 1. The zero-order valence-electron chi connectivity index (χ0n) is 9.13. The molecule has 1 aromatic carbocycles. The quantitative estimate of drug-likeness (QED) is 0.810. The maximum Gasteiger partial charge on any atom is 0.325 e. The molecular weight excluding hydrogens is 232 g/mol. The molecule has 0 aliphatic carbocycles. The van der Waals surface area contributed by atoms with Gasteiger partial charge in [0.05, 0.1) is 6.61 Å². The summed E-state index contributed by atoms with van der Waals surface area (Å²) >= 11 is 0. The third kappa shape index (κ3) is 4.18. The summed E-state index contributed by atoms with van der Waals surface area (Å²) in [6.07, 6.45) is 0. The number of benzene rings is 1. The average Bonchev–Trinajstić information content (AvgIpc) is 2.25. The van der Waals surface area contributed by atoms with Gasteiger partial charge in [0.15, 0.2) is 0 Å². The molecule has 0 unspecified atom stereocenters. The molecule has 0 heterocycles. The number of hydrogen-bond acceptors (Lipinski definition) is 3. The van der Waals surface area contributed by atoms with Crippen LogP contribution < -0.4 is 5.32 Å². The third-order valence-electron chi connectivity index (χ3n) is 1.82. The number of nitrogens with one attached hydrogen (secondary N) is 1. The monoisotopic (exact) mass is 243 g/mol. The maximum atomic E-state index is 12.8. The van der Waals surface area contributed by atoms with Gasteiger partial charge in [0.25, 0.3) is 5.91 Å². The molecule has 0 aromatic heterocycles. The second-order valence-corrected chi connectivity index (χ2v) is 3.15. The first-order chi connectivity index (χ1) is 8.02. The van der Waals surface area contributed by atoms with Gasteiger partial charge in [-0.1, -0.05) is 0 Å². The van der Waals surface area contributed by atoms with E-state index in [2.05, 4.69) is 10.1 Å². The Morgan fingerprint density at radius 2 is 1.82 bits per heavy atom. The number of ether oxygens (including phenoxy) is 1. The van der Waals surface area contributed by atoms with Crippen molar-refractivity contribution >= 4 is 11.9 Å². The molecule has 0 aliphatic rings. The zero-order chi connectivity index (χ0) is 12.8. The molecule has 1 rings (SSSR count). The Balaban J connectivity index is 2.61. The highest BCUT2D eigenvalue weighted by Gasteiger charge is 2.10. The molecule has 0 saturated heterocycles. The minimum atomic E-state index is -0.855. The highest BCUT2D eigenvalue weighted by Crippen LogP contribution is 2.07. The highest BCUT2D eigenvalue weighted by atomic mass is 19.1. The van der Waals surface area contributed by atoms with Gasteiger partial charge in [-0.25, -0.2) is 8.78 Å². The summed E-state index contributed by atoms with van der Waals surface area (Å²) in [5.41, 5.74) is -0.188. The summed E-state index contributed by atoms with van der Waals surface area (Å²) in [6.45, 7) is 1.48. The average molecular weight is 243 g/mol. The Morgan fingerprint density at radius 1 is 1.24 bits per heavy atom. The fraction of sp³-hybridized carbons (Fsp3) is 0.273. The standard InChI is InChI=1S/C11H11F2NO3/c1-2-17-10(15)6-14-11(16)7-3-8(12)5-9(13)4-7/h3-5H,2,6H2,1H3,(H,14,16). The first-order valence-electron chi connectivity index (χ1n) is 4.93.